The van der Waals surface area contributed by atoms with Crippen molar-refractivity contribution in [3.05, 3.63) is 58.6 Å². The molecule has 0 saturated carbocycles. The Bertz CT molecular complexity index is 762. The highest BCUT2D eigenvalue weighted by atomic mass is 35.5. The topological polar surface area (TPSA) is 85.9 Å². The number of carbonyl (C=O) groups excluding carboxylic acids is 1. The number of halogens is 1. The minimum Gasteiger partial charge on any atom is -0.496 e. The van der Waals surface area contributed by atoms with E-state index in [1.165, 1.54) is 7.11 Å². The zero-order chi connectivity index (χ0) is 17.5. The van der Waals surface area contributed by atoms with Gasteiger partial charge < -0.3 is 20.6 Å². The Morgan fingerprint density at radius 1 is 1.29 bits per heavy atom. The second-order valence-corrected chi connectivity index (χ2v) is 5.37. The number of anilines is 1. The molecule has 2 rings (SSSR count). The van der Waals surface area contributed by atoms with Crippen molar-refractivity contribution in [2.24, 2.45) is 10.9 Å². The Hall–Kier alpha value is -2.73. The van der Waals surface area contributed by atoms with Crippen LogP contribution in [0.3, 0.4) is 0 Å². The number of amidine groups is 1. The predicted octanol–water partition coefficient (Wildman–Crippen LogP) is 2.93. The Labute approximate surface area is 145 Å². The summed E-state index contributed by atoms with van der Waals surface area (Å²) in [7, 11) is 1.53. The molecule has 24 heavy (non-hydrogen) atoms. The number of nitrogens with one attached hydrogen (secondary N) is 1. The van der Waals surface area contributed by atoms with Gasteiger partial charge in [0.25, 0.3) is 5.91 Å². The number of nitrogens with zero attached hydrogens (tertiary/aromatic N) is 1. The lowest BCUT2D eigenvalue weighted by atomic mass is 10.2. The first-order valence-corrected chi connectivity index (χ1v) is 7.54. The van der Waals surface area contributed by atoms with Gasteiger partial charge in [-0.15, -0.1) is 0 Å². The number of nitrogens with two attached hydrogens (primary N) is 1. The third kappa shape index (κ3) is 4.63. The van der Waals surface area contributed by atoms with Gasteiger partial charge in [0.1, 0.15) is 5.75 Å². The lowest BCUT2D eigenvalue weighted by Gasteiger charge is -2.08. The van der Waals surface area contributed by atoms with Crippen molar-refractivity contribution in [1.82, 2.24) is 0 Å². The summed E-state index contributed by atoms with van der Waals surface area (Å²) >= 11 is 6.01. The fourth-order valence-electron chi connectivity index (χ4n) is 1.93. The maximum atomic E-state index is 11.8. The molecule has 3 N–H and O–H groups in total. The van der Waals surface area contributed by atoms with Crippen LogP contribution in [0, 0.1) is 6.92 Å². The summed E-state index contributed by atoms with van der Waals surface area (Å²) < 4.78 is 5.19. The van der Waals surface area contributed by atoms with Crippen LogP contribution in [0.5, 0.6) is 5.75 Å². The van der Waals surface area contributed by atoms with E-state index in [0.29, 0.717) is 22.0 Å². The monoisotopic (exact) mass is 347 g/mol. The Morgan fingerprint density at radius 2 is 2.04 bits per heavy atom. The summed E-state index contributed by atoms with van der Waals surface area (Å²) in [5.74, 6) is 0.325. The van der Waals surface area contributed by atoms with Crippen LogP contribution in [0.25, 0.3) is 0 Å². The highest BCUT2D eigenvalue weighted by Crippen LogP contribution is 2.20. The molecule has 6 nitrogen and oxygen atoms in total. The molecule has 0 unspecified atom stereocenters. The van der Waals surface area contributed by atoms with Crippen molar-refractivity contribution >= 4 is 29.0 Å². The Morgan fingerprint density at radius 3 is 2.75 bits per heavy atom. The fraction of sp³-hybridized carbons (Fsp3) is 0.176. The van der Waals surface area contributed by atoms with Gasteiger partial charge in [0, 0.05) is 10.7 Å². The molecule has 2 aromatic carbocycles. The second kappa shape index (κ2) is 8.21. The Kier molecular flexibility index (Phi) is 6.03. The molecule has 0 bridgehead atoms. The molecule has 0 fully saturated rings. The molecule has 0 aliphatic heterocycles. The molecule has 0 saturated heterocycles. The van der Waals surface area contributed by atoms with Gasteiger partial charge in [0.15, 0.2) is 12.4 Å². The molecule has 0 spiro atoms. The van der Waals surface area contributed by atoms with Crippen molar-refractivity contribution in [3.8, 4) is 5.75 Å². The molecular weight excluding hydrogens is 330 g/mol. The van der Waals surface area contributed by atoms with Crippen molar-refractivity contribution in [2.45, 2.75) is 6.92 Å². The average molecular weight is 348 g/mol. The number of methoxy groups -OCH3 is 1. The molecule has 0 radical (unpaired) electrons. The van der Waals surface area contributed by atoms with Crippen molar-refractivity contribution in [1.29, 1.82) is 0 Å². The van der Waals surface area contributed by atoms with E-state index in [9.17, 15) is 4.79 Å². The molecule has 0 aliphatic rings. The van der Waals surface area contributed by atoms with Gasteiger partial charge in [0.05, 0.1) is 12.7 Å². The fourth-order valence-corrected chi connectivity index (χ4v) is 2.11. The largest absolute Gasteiger partial charge is 0.496 e. The molecule has 0 aliphatic carbocycles. The quantitative estimate of drug-likeness (QED) is 0.478. The third-order valence-electron chi connectivity index (χ3n) is 3.20. The first-order chi connectivity index (χ1) is 11.5. The predicted molar refractivity (Wildman–Crippen MR) is 94.5 cm³/mol. The van der Waals surface area contributed by atoms with Crippen molar-refractivity contribution in [3.63, 3.8) is 0 Å². The maximum Gasteiger partial charge on any atom is 0.265 e. The number of benzene rings is 2. The van der Waals surface area contributed by atoms with Crippen LogP contribution in [-0.2, 0) is 9.63 Å². The number of hydrogen-bond donors (Lipinski definition) is 2. The van der Waals surface area contributed by atoms with Gasteiger partial charge in [-0.25, -0.2) is 0 Å². The Balaban J connectivity index is 1.92. The van der Waals surface area contributed by atoms with Crippen LogP contribution in [0.2, 0.25) is 5.02 Å². The third-order valence-corrected chi connectivity index (χ3v) is 3.60. The molecule has 1 amide bonds. The minimum atomic E-state index is -0.369. The van der Waals surface area contributed by atoms with Crippen LogP contribution in [0.4, 0.5) is 5.69 Å². The number of ether oxygens (including phenoxy) is 1. The minimum absolute atomic E-state index is 0.124. The smallest absolute Gasteiger partial charge is 0.265 e. The van der Waals surface area contributed by atoms with Crippen LogP contribution >= 0.6 is 11.6 Å². The van der Waals surface area contributed by atoms with Crippen LogP contribution in [-0.4, -0.2) is 25.5 Å². The number of hydrogen-bond acceptors (Lipinski definition) is 4. The molecule has 7 heteroatoms. The number of para-hydroxylation sites is 1. The van der Waals surface area contributed by atoms with E-state index in [4.69, 9.17) is 26.9 Å². The number of aryl methyl sites for hydroxylation is 1. The zero-order valence-electron chi connectivity index (χ0n) is 13.4. The summed E-state index contributed by atoms with van der Waals surface area (Å²) in [6.45, 7) is 1.60. The SMILES string of the molecule is COc1ccccc1/C(N)=N\OCC(=O)Nc1ccc(C)c(Cl)c1. The van der Waals surface area contributed by atoms with Crippen molar-refractivity contribution < 1.29 is 14.4 Å². The highest BCUT2D eigenvalue weighted by Gasteiger charge is 2.08. The number of carbonyl (C=O) groups is 1. The van der Waals surface area contributed by atoms with E-state index in [1.54, 1.807) is 30.3 Å². The highest BCUT2D eigenvalue weighted by molar-refractivity contribution is 6.31. The summed E-state index contributed by atoms with van der Waals surface area (Å²) in [4.78, 5) is 16.8. The molecule has 0 heterocycles. The van der Waals surface area contributed by atoms with Crippen LogP contribution in [0.1, 0.15) is 11.1 Å². The molecule has 0 aromatic heterocycles. The van der Waals surface area contributed by atoms with E-state index < -0.39 is 0 Å². The first kappa shape index (κ1) is 17.6. The summed E-state index contributed by atoms with van der Waals surface area (Å²) in [5.41, 5.74) is 7.95. The molecule has 126 valence electrons. The van der Waals surface area contributed by atoms with Gasteiger partial charge in [-0.05, 0) is 36.8 Å². The van der Waals surface area contributed by atoms with E-state index in [1.807, 2.05) is 19.1 Å². The number of oxime groups is 1. The molecule has 0 atom stereocenters. The van der Waals surface area contributed by atoms with Crippen molar-refractivity contribution in [2.75, 3.05) is 19.0 Å². The van der Waals surface area contributed by atoms with E-state index in [2.05, 4.69) is 10.5 Å². The second-order valence-electron chi connectivity index (χ2n) is 4.96. The molecule has 2 aromatic rings. The van der Waals surface area contributed by atoms with E-state index in [-0.39, 0.29) is 18.3 Å². The summed E-state index contributed by atoms with van der Waals surface area (Å²) in [5, 5.41) is 6.98. The maximum absolute atomic E-state index is 11.8. The summed E-state index contributed by atoms with van der Waals surface area (Å²) in [6, 6.07) is 12.4. The van der Waals surface area contributed by atoms with Gasteiger partial charge in [-0.1, -0.05) is 35.0 Å². The van der Waals surface area contributed by atoms with Gasteiger partial charge >= 0.3 is 0 Å². The summed E-state index contributed by atoms with van der Waals surface area (Å²) in [6.07, 6.45) is 0. The average Bonchev–Trinajstić information content (AvgIpc) is 2.58. The first-order valence-electron chi connectivity index (χ1n) is 7.16. The zero-order valence-corrected chi connectivity index (χ0v) is 14.1. The number of amides is 1. The van der Waals surface area contributed by atoms with E-state index >= 15 is 0 Å². The lowest BCUT2D eigenvalue weighted by molar-refractivity contribution is -0.120. The van der Waals surface area contributed by atoms with Crippen LogP contribution < -0.4 is 15.8 Å². The number of rotatable bonds is 6. The van der Waals surface area contributed by atoms with Gasteiger partial charge in [0.2, 0.25) is 0 Å². The standard InChI is InChI=1S/C17H18ClN3O3/c1-11-7-8-12(9-14(11)18)20-16(22)10-24-21-17(19)13-5-3-4-6-15(13)23-2/h3-9H,10H2,1-2H3,(H2,19,21)(H,20,22). The normalized spacial score (nSPS) is 11.0. The van der Waals surface area contributed by atoms with Gasteiger partial charge in [-0.2, -0.15) is 0 Å². The van der Waals surface area contributed by atoms with Gasteiger partial charge in [-0.3, -0.25) is 4.79 Å². The lowest BCUT2D eigenvalue weighted by Crippen LogP contribution is -2.19. The van der Waals surface area contributed by atoms with E-state index in [0.717, 1.165) is 5.56 Å². The van der Waals surface area contributed by atoms with Crippen LogP contribution in [0.15, 0.2) is 47.6 Å². The molecular formula is C17H18ClN3O3.